The highest BCUT2D eigenvalue weighted by molar-refractivity contribution is 7.27. The summed E-state index contributed by atoms with van der Waals surface area (Å²) in [6, 6.07) is 6.77. The van der Waals surface area contributed by atoms with Crippen LogP contribution in [0.25, 0.3) is 0 Å². The lowest BCUT2D eigenvalue weighted by Crippen LogP contribution is -2.04. The molecule has 0 spiro atoms. The Kier molecular flexibility index (Phi) is 4.13. The highest BCUT2D eigenvalue weighted by Gasteiger charge is 2.11. The van der Waals surface area contributed by atoms with Crippen molar-refractivity contribution in [2.24, 2.45) is 0 Å². The average Bonchev–Trinajstić information content (AvgIpc) is 2.16. The van der Waals surface area contributed by atoms with Crippen LogP contribution in [0.5, 0.6) is 0 Å². The minimum Gasteiger partial charge on any atom is -0.106 e. The highest BCUT2D eigenvalue weighted by atomic mass is 31.0. The van der Waals surface area contributed by atoms with Gasteiger partial charge in [-0.05, 0) is 34.7 Å². The van der Waals surface area contributed by atoms with Crippen LogP contribution in [-0.4, -0.2) is 0 Å². The molecule has 2 unspecified atom stereocenters. The zero-order chi connectivity index (χ0) is 10.7. The number of hydrogen-bond donors (Lipinski definition) is 0. The van der Waals surface area contributed by atoms with Gasteiger partial charge in [0.1, 0.15) is 0 Å². The molecular weight excluding hydrogens is 187 g/mol. The largest absolute Gasteiger partial charge is 0.106 e. The maximum Gasteiger partial charge on any atom is -0.0190 e. The normalized spacial score (nSPS) is 13.3. The molecular formula is C13H21P. The topological polar surface area (TPSA) is 0 Å². The van der Waals surface area contributed by atoms with Gasteiger partial charge in [0.15, 0.2) is 0 Å². The predicted octanol–water partition coefficient (Wildman–Crippen LogP) is 3.82. The van der Waals surface area contributed by atoms with E-state index in [-0.39, 0.29) is 0 Å². The first-order chi connectivity index (χ1) is 6.56. The van der Waals surface area contributed by atoms with Crippen molar-refractivity contribution in [2.45, 2.75) is 46.0 Å². The lowest BCUT2D eigenvalue weighted by atomic mass is 9.88. The molecule has 0 saturated heterocycles. The minimum absolute atomic E-state index is 0.629. The van der Waals surface area contributed by atoms with Gasteiger partial charge < -0.3 is 0 Å². The van der Waals surface area contributed by atoms with E-state index in [1.807, 2.05) is 0 Å². The van der Waals surface area contributed by atoms with Crippen LogP contribution in [0.3, 0.4) is 0 Å². The molecule has 0 aromatic heterocycles. The van der Waals surface area contributed by atoms with Gasteiger partial charge in [0, 0.05) is 0 Å². The molecule has 14 heavy (non-hydrogen) atoms. The summed E-state index contributed by atoms with van der Waals surface area (Å²) in [5.74, 6) is 1.30. The van der Waals surface area contributed by atoms with Gasteiger partial charge in [0.2, 0.25) is 0 Å². The van der Waals surface area contributed by atoms with Crippen molar-refractivity contribution in [2.75, 3.05) is 0 Å². The summed E-state index contributed by atoms with van der Waals surface area (Å²) >= 11 is 0. The van der Waals surface area contributed by atoms with Crippen molar-refractivity contribution in [3.63, 3.8) is 0 Å². The molecule has 0 radical (unpaired) electrons. The number of benzene rings is 1. The van der Waals surface area contributed by atoms with Crippen molar-refractivity contribution in [3.8, 4) is 0 Å². The van der Waals surface area contributed by atoms with Crippen LogP contribution in [0.2, 0.25) is 0 Å². The summed E-state index contributed by atoms with van der Waals surface area (Å²) in [6.07, 6.45) is 1.22. The summed E-state index contributed by atoms with van der Waals surface area (Å²) in [6.45, 7) is 9.10. The summed E-state index contributed by atoms with van der Waals surface area (Å²) in [5, 5.41) is 1.30. The molecule has 2 atom stereocenters. The van der Waals surface area contributed by atoms with Crippen LogP contribution >= 0.6 is 9.24 Å². The molecule has 0 aliphatic rings. The van der Waals surface area contributed by atoms with Crippen LogP contribution in [0.4, 0.5) is 0 Å². The molecule has 0 nitrogen and oxygen atoms in total. The smallest absolute Gasteiger partial charge is 0.0190 e. The quantitative estimate of drug-likeness (QED) is 0.662. The first-order valence-electron chi connectivity index (χ1n) is 5.45. The third-order valence-corrected chi connectivity index (χ3v) is 3.24. The lowest BCUT2D eigenvalue weighted by molar-refractivity contribution is 0.709. The SMILES string of the molecule is CCC(C)c1cc(P)ccc1C(C)C. The summed E-state index contributed by atoms with van der Waals surface area (Å²) in [7, 11) is 2.78. The van der Waals surface area contributed by atoms with E-state index in [0.29, 0.717) is 11.8 Å². The van der Waals surface area contributed by atoms with E-state index >= 15 is 0 Å². The Balaban J connectivity index is 3.15. The summed E-state index contributed by atoms with van der Waals surface area (Å²) in [4.78, 5) is 0. The van der Waals surface area contributed by atoms with Gasteiger partial charge in [-0.25, -0.2) is 0 Å². The maximum atomic E-state index is 2.78. The summed E-state index contributed by atoms with van der Waals surface area (Å²) < 4.78 is 0. The second-order valence-corrected chi connectivity index (χ2v) is 5.02. The zero-order valence-electron chi connectivity index (χ0n) is 9.67. The van der Waals surface area contributed by atoms with Crippen LogP contribution in [0, 0.1) is 0 Å². The molecule has 0 saturated carbocycles. The van der Waals surface area contributed by atoms with E-state index in [2.05, 4.69) is 55.1 Å². The van der Waals surface area contributed by atoms with Gasteiger partial charge in [0.25, 0.3) is 0 Å². The predicted molar refractivity (Wildman–Crippen MR) is 68.6 cm³/mol. The maximum absolute atomic E-state index is 2.78. The molecule has 0 heterocycles. The van der Waals surface area contributed by atoms with E-state index in [0.717, 1.165) is 0 Å². The molecule has 78 valence electrons. The Bertz CT molecular complexity index is 302. The van der Waals surface area contributed by atoms with Gasteiger partial charge >= 0.3 is 0 Å². The van der Waals surface area contributed by atoms with E-state index in [9.17, 15) is 0 Å². The van der Waals surface area contributed by atoms with Crippen LogP contribution < -0.4 is 5.30 Å². The molecule has 0 bridgehead atoms. The Morgan fingerprint density at radius 3 is 2.29 bits per heavy atom. The van der Waals surface area contributed by atoms with Gasteiger partial charge in [-0.1, -0.05) is 45.9 Å². The Hall–Kier alpha value is -0.350. The second-order valence-electron chi connectivity index (χ2n) is 4.35. The molecule has 1 heteroatoms. The Morgan fingerprint density at radius 2 is 1.79 bits per heavy atom. The molecule has 0 fully saturated rings. The van der Waals surface area contributed by atoms with Crippen molar-refractivity contribution >= 4 is 14.5 Å². The number of rotatable bonds is 3. The van der Waals surface area contributed by atoms with Crippen molar-refractivity contribution in [3.05, 3.63) is 29.3 Å². The van der Waals surface area contributed by atoms with Gasteiger partial charge in [-0.3, -0.25) is 0 Å². The van der Waals surface area contributed by atoms with Crippen LogP contribution in [0.15, 0.2) is 18.2 Å². The van der Waals surface area contributed by atoms with Crippen molar-refractivity contribution in [1.29, 1.82) is 0 Å². The fraction of sp³-hybridized carbons (Fsp3) is 0.538. The molecule has 0 aliphatic carbocycles. The molecule has 1 aromatic carbocycles. The van der Waals surface area contributed by atoms with Gasteiger partial charge in [-0.15, -0.1) is 9.24 Å². The van der Waals surface area contributed by atoms with Crippen molar-refractivity contribution < 1.29 is 0 Å². The van der Waals surface area contributed by atoms with Gasteiger partial charge in [-0.2, -0.15) is 0 Å². The average molecular weight is 208 g/mol. The third kappa shape index (κ3) is 2.58. The molecule has 0 aliphatic heterocycles. The molecule has 1 aromatic rings. The third-order valence-electron chi connectivity index (χ3n) is 2.88. The molecule has 0 N–H and O–H groups in total. The van der Waals surface area contributed by atoms with Gasteiger partial charge in [0.05, 0.1) is 0 Å². The van der Waals surface area contributed by atoms with Crippen molar-refractivity contribution in [1.82, 2.24) is 0 Å². The Morgan fingerprint density at radius 1 is 1.14 bits per heavy atom. The highest BCUT2D eigenvalue weighted by Crippen LogP contribution is 2.27. The molecule has 1 rings (SSSR count). The first kappa shape index (κ1) is 11.7. The molecule has 0 amide bonds. The van der Waals surface area contributed by atoms with Crippen LogP contribution in [0.1, 0.15) is 57.1 Å². The van der Waals surface area contributed by atoms with E-state index in [1.54, 1.807) is 0 Å². The van der Waals surface area contributed by atoms with E-state index in [1.165, 1.54) is 22.9 Å². The summed E-state index contributed by atoms with van der Waals surface area (Å²) in [5.41, 5.74) is 3.03. The lowest BCUT2D eigenvalue weighted by Gasteiger charge is -2.18. The standard InChI is InChI=1S/C13H21P/c1-5-10(4)13-8-11(14)6-7-12(13)9(2)3/h6-10H,5,14H2,1-4H3. The first-order valence-corrected chi connectivity index (χ1v) is 6.03. The monoisotopic (exact) mass is 208 g/mol. The minimum atomic E-state index is 0.629. The Labute approximate surface area is 90.3 Å². The van der Waals surface area contributed by atoms with E-state index in [4.69, 9.17) is 0 Å². The van der Waals surface area contributed by atoms with E-state index < -0.39 is 0 Å². The second kappa shape index (κ2) is 4.94. The van der Waals surface area contributed by atoms with Crippen LogP contribution in [-0.2, 0) is 0 Å². The zero-order valence-corrected chi connectivity index (χ0v) is 10.8. The number of hydrogen-bond acceptors (Lipinski definition) is 0. The fourth-order valence-electron chi connectivity index (χ4n) is 1.77. The fourth-order valence-corrected chi connectivity index (χ4v) is 2.04.